The molecule has 30 heavy (non-hydrogen) atoms. The van der Waals surface area contributed by atoms with Crippen molar-refractivity contribution in [3.05, 3.63) is 59.4 Å². The summed E-state index contributed by atoms with van der Waals surface area (Å²) < 4.78 is 13.0. The van der Waals surface area contributed by atoms with Crippen LogP contribution in [-0.2, 0) is 10.5 Å². The third kappa shape index (κ3) is 6.23. The minimum Gasteiger partial charge on any atom is -0.371 e. The molecule has 0 spiro atoms. The summed E-state index contributed by atoms with van der Waals surface area (Å²) in [5.41, 5.74) is 2.98. The number of rotatable bonds is 10. The highest BCUT2D eigenvalue weighted by molar-refractivity contribution is 7.98. The Morgan fingerprint density at radius 3 is 2.67 bits per heavy atom. The van der Waals surface area contributed by atoms with Gasteiger partial charge in [0.15, 0.2) is 0 Å². The molecule has 1 aliphatic heterocycles. The van der Waals surface area contributed by atoms with Gasteiger partial charge in [-0.2, -0.15) is 11.8 Å². The van der Waals surface area contributed by atoms with Gasteiger partial charge in [-0.05, 0) is 42.3 Å². The van der Waals surface area contributed by atoms with Crippen LogP contribution in [0.3, 0.4) is 0 Å². The van der Waals surface area contributed by atoms with Crippen molar-refractivity contribution in [2.45, 2.75) is 44.4 Å². The van der Waals surface area contributed by atoms with E-state index < -0.39 is 0 Å². The molecule has 2 aromatic carbocycles. The van der Waals surface area contributed by atoms with Crippen molar-refractivity contribution in [3.8, 4) is 0 Å². The largest absolute Gasteiger partial charge is 0.371 e. The molecule has 3 rings (SSSR count). The molecule has 0 saturated carbocycles. The van der Waals surface area contributed by atoms with E-state index in [1.807, 2.05) is 6.07 Å². The number of nitrogens with one attached hydrogen (secondary N) is 3. The van der Waals surface area contributed by atoms with Crippen LogP contribution in [-0.4, -0.2) is 30.2 Å². The number of benzene rings is 2. The molecule has 5 nitrogen and oxygen atoms in total. The topological polar surface area (TPSA) is 70.2 Å². The van der Waals surface area contributed by atoms with Crippen LogP contribution in [0.1, 0.15) is 48.5 Å². The zero-order valence-corrected chi connectivity index (χ0v) is 18.0. The smallest absolute Gasteiger partial charge is 0.251 e. The molecule has 2 aromatic rings. The Bertz CT molecular complexity index is 873. The first kappa shape index (κ1) is 22.2. The summed E-state index contributed by atoms with van der Waals surface area (Å²) in [7, 11) is 0. The molecule has 0 aromatic heterocycles. The third-order valence-electron chi connectivity index (χ3n) is 4.97. The van der Waals surface area contributed by atoms with Crippen LogP contribution in [0.4, 0.5) is 15.8 Å². The fourth-order valence-corrected chi connectivity index (χ4v) is 4.25. The van der Waals surface area contributed by atoms with E-state index in [0.29, 0.717) is 29.3 Å². The highest BCUT2D eigenvalue weighted by Gasteiger charge is 2.26. The molecule has 2 amide bonds. The number of fused-ring (bicyclic) bond motifs is 1. The average molecular weight is 430 g/mol. The van der Waals surface area contributed by atoms with Crippen molar-refractivity contribution >= 4 is 35.0 Å². The normalized spacial score (nSPS) is 15.1. The summed E-state index contributed by atoms with van der Waals surface area (Å²) in [5, 5.41) is 9.08. The Morgan fingerprint density at radius 2 is 1.90 bits per heavy atom. The Labute approximate surface area is 181 Å². The van der Waals surface area contributed by atoms with E-state index in [1.54, 1.807) is 36.0 Å². The molecule has 0 saturated heterocycles. The molecular formula is C23H28FN3O2S. The maximum absolute atomic E-state index is 13.0. The monoisotopic (exact) mass is 429 g/mol. The molecule has 0 radical (unpaired) electrons. The maximum atomic E-state index is 13.0. The molecular weight excluding hydrogens is 401 g/mol. The van der Waals surface area contributed by atoms with E-state index in [0.717, 1.165) is 30.5 Å². The summed E-state index contributed by atoms with van der Waals surface area (Å²) in [5.74, 6) is 0.795. The van der Waals surface area contributed by atoms with Gasteiger partial charge >= 0.3 is 0 Å². The van der Waals surface area contributed by atoms with Gasteiger partial charge in [0.1, 0.15) is 11.9 Å². The van der Waals surface area contributed by atoms with Gasteiger partial charge < -0.3 is 16.0 Å². The van der Waals surface area contributed by atoms with E-state index in [-0.39, 0.29) is 23.7 Å². The van der Waals surface area contributed by atoms with Crippen LogP contribution >= 0.6 is 11.8 Å². The second-order valence-corrected chi connectivity index (χ2v) is 8.43. The number of anilines is 2. The first-order valence-electron chi connectivity index (χ1n) is 10.4. The summed E-state index contributed by atoms with van der Waals surface area (Å²) in [6.07, 6.45) is 4.43. The van der Waals surface area contributed by atoms with Gasteiger partial charge in [-0.25, -0.2) is 4.39 Å². The molecule has 0 bridgehead atoms. The third-order valence-corrected chi connectivity index (χ3v) is 6.07. The first-order valence-corrected chi connectivity index (χ1v) is 11.5. The second kappa shape index (κ2) is 11.0. The van der Waals surface area contributed by atoms with Crippen LogP contribution in [0, 0.1) is 5.82 Å². The number of unbranched alkanes of at least 4 members (excludes halogenated alkanes) is 3. The van der Waals surface area contributed by atoms with Crippen molar-refractivity contribution in [1.82, 2.24) is 5.32 Å². The van der Waals surface area contributed by atoms with E-state index in [9.17, 15) is 14.0 Å². The van der Waals surface area contributed by atoms with Crippen molar-refractivity contribution < 1.29 is 14.0 Å². The summed E-state index contributed by atoms with van der Waals surface area (Å²) in [6.45, 7) is 2.82. The van der Waals surface area contributed by atoms with Crippen LogP contribution in [0.25, 0.3) is 0 Å². The molecule has 0 fully saturated rings. The van der Waals surface area contributed by atoms with Gasteiger partial charge in [0.05, 0.1) is 11.4 Å². The fraction of sp³-hybridized carbons (Fsp3) is 0.391. The van der Waals surface area contributed by atoms with E-state index in [4.69, 9.17) is 0 Å². The zero-order chi connectivity index (χ0) is 21.3. The number of amides is 2. The van der Waals surface area contributed by atoms with Gasteiger partial charge in [0, 0.05) is 23.6 Å². The Hall–Kier alpha value is -2.54. The van der Waals surface area contributed by atoms with E-state index in [2.05, 4.69) is 22.9 Å². The molecule has 160 valence electrons. The van der Waals surface area contributed by atoms with E-state index >= 15 is 0 Å². The molecule has 1 aliphatic rings. The molecule has 1 unspecified atom stereocenters. The Balaban J connectivity index is 1.50. The van der Waals surface area contributed by atoms with Crippen LogP contribution < -0.4 is 16.0 Å². The molecule has 1 heterocycles. The predicted octanol–water partition coefficient (Wildman–Crippen LogP) is 4.80. The SMILES string of the molecule is CCCCCCNC(=O)c1ccc2c(c1)NC(=O)C(CSCc1ccc(F)cc1)N2. The lowest BCUT2D eigenvalue weighted by atomic mass is 10.1. The van der Waals surface area contributed by atoms with Gasteiger partial charge in [-0.1, -0.05) is 38.3 Å². The minimum atomic E-state index is -0.360. The fourth-order valence-electron chi connectivity index (χ4n) is 3.24. The Kier molecular flexibility index (Phi) is 8.13. The van der Waals surface area contributed by atoms with Gasteiger partial charge in [0.2, 0.25) is 5.91 Å². The highest BCUT2D eigenvalue weighted by Crippen LogP contribution is 2.29. The highest BCUT2D eigenvalue weighted by atomic mass is 32.2. The van der Waals surface area contributed by atoms with Crippen molar-refractivity contribution in [1.29, 1.82) is 0 Å². The summed E-state index contributed by atoms with van der Waals surface area (Å²) >= 11 is 1.61. The number of carbonyl (C=O) groups is 2. The number of halogens is 1. The Morgan fingerprint density at radius 1 is 1.10 bits per heavy atom. The van der Waals surface area contributed by atoms with Crippen molar-refractivity contribution in [2.75, 3.05) is 22.9 Å². The number of carbonyl (C=O) groups excluding carboxylic acids is 2. The first-order chi connectivity index (χ1) is 14.6. The average Bonchev–Trinajstić information content (AvgIpc) is 2.75. The van der Waals surface area contributed by atoms with Crippen LogP contribution in [0.2, 0.25) is 0 Å². The predicted molar refractivity (Wildman–Crippen MR) is 122 cm³/mol. The van der Waals surface area contributed by atoms with Gasteiger partial charge in [0.25, 0.3) is 5.91 Å². The number of hydrogen-bond acceptors (Lipinski definition) is 4. The minimum absolute atomic E-state index is 0.119. The molecule has 7 heteroatoms. The van der Waals surface area contributed by atoms with Gasteiger partial charge in [-0.3, -0.25) is 9.59 Å². The zero-order valence-electron chi connectivity index (χ0n) is 17.2. The summed E-state index contributed by atoms with van der Waals surface area (Å²) in [6, 6.07) is 11.3. The molecule has 0 aliphatic carbocycles. The molecule has 1 atom stereocenters. The van der Waals surface area contributed by atoms with Gasteiger partial charge in [-0.15, -0.1) is 0 Å². The van der Waals surface area contributed by atoms with Crippen molar-refractivity contribution in [2.24, 2.45) is 0 Å². The quantitative estimate of drug-likeness (QED) is 0.475. The van der Waals surface area contributed by atoms with Crippen LogP contribution in [0.5, 0.6) is 0 Å². The lowest BCUT2D eigenvalue weighted by molar-refractivity contribution is -0.116. The summed E-state index contributed by atoms with van der Waals surface area (Å²) in [4.78, 5) is 24.8. The standard InChI is InChI=1S/C23H28FN3O2S/c1-2-3-4-5-12-25-22(28)17-8-11-19-20(13-17)27-23(29)21(26-19)15-30-14-16-6-9-18(24)10-7-16/h6-11,13,21,26H,2-5,12,14-15H2,1H3,(H,25,28)(H,27,29). The lowest BCUT2D eigenvalue weighted by Gasteiger charge is -2.27. The molecule has 3 N–H and O–H groups in total. The van der Waals surface area contributed by atoms with E-state index in [1.165, 1.54) is 18.6 Å². The maximum Gasteiger partial charge on any atom is 0.251 e. The number of hydrogen-bond donors (Lipinski definition) is 3. The second-order valence-electron chi connectivity index (χ2n) is 7.40. The van der Waals surface area contributed by atoms with Crippen molar-refractivity contribution in [3.63, 3.8) is 0 Å². The van der Waals surface area contributed by atoms with Crippen LogP contribution in [0.15, 0.2) is 42.5 Å². The number of thioether (sulfide) groups is 1. The lowest BCUT2D eigenvalue weighted by Crippen LogP contribution is -2.40.